The van der Waals surface area contributed by atoms with Gasteiger partial charge in [0.25, 0.3) is 11.8 Å². The van der Waals surface area contributed by atoms with Crippen LogP contribution in [0.2, 0.25) is 0 Å². The van der Waals surface area contributed by atoms with Gasteiger partial charge in [-0.05, 0) is 36.2 Å². The van der Waals surface area contributed by atoms with Crippen LogP contribution in [0.3, 0.4) is 0 Å². The molecule has 0 saturated heterocycles. The van der Waals surface area contributed by atoms with E-state index >= 15 is 0 Å². The first-order chi connectivity index (χ1) is 12.6. The Kier molecular flexibility index (Phi) is 5.12. The molecule has 0 aliphatic carbocycles. The fourth-order valence-electron chi connectivity index (χ4n) is 2.62. The smallest absolute Gasteiger partial charge is 0.287 e. The largest absolute Gasteiger partial charge is 0.346 e. The Morgan fingerprint density at radius 1 is 1.15 bits per heavy atom. The summed E-state index contributed by atoms with van der Waals surface area (Å²) >= 11 is 0. The van der Waals surface area contributed by atoms with E-state index in [1.54, 1.807) is 34.9 Å². The summed E-state index contributed by atoms with van der Waals surface area (Å²) in [6.07, 6.45) is 4.22. The van der Waals surface area contributed by atoms with Crippen LogP contribution in [-0.4, -0.2) is 27.7 Å². The maximum Gasteiger partial charge on any atom is 0.287 e. The predicted molar refractivity (Wildman–Crippen MR) is 101 cm³/mol. The number of aryl methyl sites for hydroxylation is 1. The van der Waals surface area contributed by atoms with Crippen molar-refractivity contribution in [2.24, 2.45) is 0 Å². The summed E-state index contributed by atoms with van der Waals surface area (Å²) in [6, 6.07) is 13.0. The third kappa shape index (κ3) is 3.49. The second-order valence-electron chi connectivity index (χ2n) is 5.74. The van der Waals surface area contributed by atoms with Crippen LogP contribution in [0.4, 0.5) is 5.69 Å². The summed E-state index contributed by atoms with van der Waals surface area (Å²) in [6.45, 7) is 5.97. The molecule has 0 radical (unpaired) electrons. The van der Waals surface area contributed by atoms with Crippen LogP contribution >= 0.6 is 0 Å². The minimum absolute atomic E-state index is 0.161. The molecule has 0 saturated carbocycles. The molecule has 0 spiro atoms. The van der Waals surface area contributed by atoms with Gasteiger partial charge >= 0.3 is 0 Å². The normalized spacial score (nSPS) is 10.5. The monoisotopic (exact) mass is 348 g/mol. The number of anilines is 1. The van der Waals surface area contributed by atoms with Crippen molar-refractivity contribution in [1.82, 2.24) is 14.7 Å². The molecule has 2 heterocycles. The van der Waals surface area contributed by atoms with Crippen LogP contribution in [0.1, 0.15) is 33.6 Å². The Morgan fingerprint density at radius 2 is 1.92 bits per heavy atom. The molecule has 6 nitrogen and oxygen atoms in total. The van der Waals surface area contributed by atoms with Crippen LogP contribution in [0.5, 0.6) is 0 Å². The molecule has 0 unspecified atom stereocenters. The van der Waals surface area contributed by atoms with E-state index in [1.807, 2.05) is 24.3 Å². The van der Waals surface area contributed by atoms with Gasteiger partial charge in [0, 0.05) is 18.4 Å². The SMILES string of the molecule is C=CCNC(=O)c1nc(C(=O)Nc2ccc(CC)cc2)c2ccccn12. The predicted octanol–water partition coefficient (Wildman–Crippen LogP) is 3.06. The third-order valence-electron chi connectivity index (χ3n) is 3.99. The molecular formula is C20H20N4O2. The van der Waals surface area contributed by atoms with Crippen molar-refractivity contribution in [3.8, 4) is 0 Å². The molecule has 2 N–H and O–H groups in total. The fraction of sp³-hybridized carbons (Fsp3) is 0.150. The van der Waals surface area contributed by atoms with Gasteiger partial charge in [0.2, 0.25) is 5.82 Å². The Labute approximate surface area is 151 Å². The molecule has 0 bridgehead atoms. The second-order valence-corrected chi connectivity index (χ2v) is 5.74. The summed E-state index contributed by atoms with van der Waals surface area (Å²) in [5.41, 5.74) is 2.64. The molecule has 0 atom stereocenters. The van der Waals surface area contributed by atoms with Gasteiger partial charge in [0.1, 0.15) is 0 Å². The Balaban J connectivity index is 1.92. The number of benzene rings is 1. The number of hydrogen-bond donors (Lipinski definition) is 2. The average Bonchev–Trinajstić information content (AvgIpc) is 3.06. The average molecular weight is 348 g/mol. The molecule has 0 aliphatic rings. The number of nitrogens with one attached hydrogen (secondary N) is 2. The lowest BCUT2D eigenvalue weighted by atomic mass is 10.1. The van der Waals surface area contributed by atoms with Crippen molar-refractivity contribution in [3.05, 3.63) is 78.4 Å². The quantitative estimate of drug-likeness (QED) is 0.672. The first-order valence-electron chi connectivity index (χ1n) is 8.40. The molecule has 2 amide bonds. The van der Waals surface area contributed by atoms with Crippen LogP contribution in [-0.2, 0) is 6.42 Å². The number of nitrogens with zero attached hydrogens (tertiary/aromatic N) is 2. The summed E-state index contributed by atoms with van der Waals surface area (Å²) in [5.74, 6) is -0.563. The van der Waals surface area contributed by atoms with Crippen LogP contribution in [0.15, 0.2) is 61.3 Å². The van der Waals surface area contributed by atoms with Gasteiger partial charge in [-0.15, -0.1) is 6.58 Å². The van der Waals surface area contributed by atoms with E-state index in [1.165, 1.54) is 5.56 Å². The highest BCUT2D eigenvalue weighted by Gasteiger charge is 2.21. The molecule has 2 aromatic heterocycles. The topological polar surface area (TPSA) is 75.5 Å². The fourth-order valence-corrected chi connectivity index (χ4v) is 2.62. The first kappa shape index (κ1) is 17.4. The van der Waals surface area contributed by atoms with Gasteiger partial charge in [0.15, 0.2) is 5.69 Å². The molecule has 3 rings (SSSR count). The summed E-state index contributed by atoms with van der Waals surface area (Å²) in [5, 5.41) is 5.52. The summed E-state index contributed by atoms with van der Waals surface area (Å²) < 4.78 is 1.60. The number of fused-ring (bicyclic) bond motifs is 1. The van der Waals surface area contributed by atoms with Crippen molar-refractivity contribution in [2.45, 2.75) is 13.3 Å². The lowest BCUT2D eigenvalue weighted by Gasteiger charge is -2.04. The van der Waals surface area contributed by atoms with Crippen LogP contribution < -0.4 is 10.6 Å². The second kappa shape index (κ2) is 7.65. The van der Waals surface area contributed by atoms with Gasteiger partial charge < -0.3 is 10.6 Å². The highest BCUT2D eigenvalue weighted by Crippen LogP contribution is 2.16. The third-order valence-corrected chi connectivity index (χ3v) is 3.99. The summed E-state index contributed by atoms with van der Waals surface area (Å²) in [7, 11) is 0. The van der Waals surface area contributed by atoms with Gasteiger partial charge in [-0.2, -0.15) is 0 Å². The zero-order valence-electron chi connectivity index (χ0n) is 14.5. The number of imidazole rings is 1. The maximum atomic E-state index is 12.7. The van der Waals surface area contributed by atoms with Crippen molar-refractivity contribution < 1.29 is 9.59 Å². The zero-order valence-corrected chi connectivity index (χ0v) is 14.5. The Morgan fingerprint density at radius 3 is 2.62 bits per heavy atom. The van der Waals surface area contributed by atoms with E-state index in [9.17, 15) is 9.59 Å². The number of rotatable bonds is 6. The molecule has 1 aromatic carbocycles. The van der Waals surface area contributed by atoms with Gasteiger partial charge in [-0.3, -0.25) is 14.0 Å². The number of aromatic nitrogens is 2. The van der Waals surface area contributed by atoms with E-state index in [0.29, 0.717) is 17.7 Å². The van der Waals surface area contributed by atoms with E-state index in [4.69, 9.17) is 0 Å². The van der Waals surface area contributed by atoms with Crippen LogP contribution in [0, 0.1) is 0 Å². The van der Waals surface area contributed by atoms with Crippen molar-refractivity contribution >= 4 is 23.0 Å². The standard InChI is InChI=1S/C20H20N4O2/c1-3-12-21-20(26)18-23-17(16-7-5-6-13-24(16)18)19(25)22-15-10-8-14(4-2)9-11-15/h3,5-11,13H,1,4,12H2,2H3,(H,21,26)(H,22,25). The molecule has 0 aliphatic heterocycles. The minimum Gasteiger partial charge on any atom is -0.346 e. The van der Waals surface area contributed by atoms with E-state index in [0.717, 1.165) is 6.42 Å². The lowest BCUT2D eigenvalue weighted by Crippen LogP contribution is -2.25. The highest BCUT2D eigenvalue weighted by atomic mass is 16.2. The number of carbonyl (C=O) groups is 2. The molecule has 132 valence electrons. The molecule has 0 fully saturated rings. The molecule has 3 aromatic rings. The minimum atomic E-state index is -0.363. The van der Waals surface area contributed by atoms with Gasteiger partial charge in [-0.1, -0.05) is 31.2 Å². The first-order valence-corrected chi connectivity index (χ1v) is 8.40. The molecule has 26 heavy (non-hydrogen) atoms. The number of pyridine rings is 1. The summed E-state index contributed by atoms with van der Waals surface area (Å²) in [4.78, 5) is 29.3. The van der Waals surface area contributed by atoms with E-state index < -0.39 is 0 Å². The van der Waals surface area contributed by atoms with Crippen LogP contribution in [0.25, 0.3) is 5.52 Å². The van der Waals surface area contributed by atoms with Gasteiger partial charge in [-0.25, -0.2) is 4.98 Å². The van der Waals surface area contributed by atoms with E-state index in [-0.39, 0.29) is 23.3 Å². The zero-order chi connectivity index (χ0) is 18.5. The Hall–Kier alpha value is -3.41. The molecular weight excluding hydrogens is 328 g/mol. The van der Waals surface area contributed by atoms with Crippen molar-refractivity contribution in [2.75, 3.05) is 11.9 Å². The lowest BCUT2D eigenvalue weighted by molar-refractivity contribution is 0.0947. The van der Waals surface area contributed by atoms with Crippen molar-refractivity contribution in [3.63, 3.8) is 0 Å². The molecule has 6 heteroatoms. The van der Waals surface area contributed by atoms with Crippen molar-refractivity contribution in [1.29, 1.82) is 0 Å². The van der Waals surface area contributed by atoms with E-state index in [2.05, 4.69) is 29.1 Å². The van der Waals surface area contributed by atoms with Gasteiger partial charge in [0.05, 0.1) is 5.52 Å². The highest BCUT2D eigenvalue weighted by molar-refractivity contribution is 6.08. The Bertz CT molecular complexity index is 958. The maximum absolute atomic E-state index is 12.7. The number of carbonyl (C=O) groups excluding carboxylic acids is 2. The number of amides is 2. The number of hydrogen-bond acceptors (Lipinski definition) is 3.